The first-order valence-corrected chi connectivity index (χ1v) is 2.23. The quantitative estimate of drug-likeness (QED) is 0.427. The zero-order chi connectivity index (χ0) is 7.44. The molecule has 0 heterocycles. The summed E-state index contributed by atoms with van der Waals surface area (Å²) < 4.78 is 0. The molecular weight excluding hydrogens is 126 g/mol. The van der Waals surface area contributed by atoms with Crippen molar-refractivity contribution in [3.8, 4) is 0 Å². The molecule has 4 N–H and O–H groups in total. The number of primary amides is 1. The van der Waals surface area contributed by atoms with E-state index in [0.717, 1.165) is 0 Å². The number of aliphatic hydroxyl groups excluding tert-OH is 1. The summed E-state index contributed by atoms with van der Waals surface area (Å²) in [5.74, 6) is -2.27. The Labute approximate surface area is 51.1 Å². The van der Waals surface area contributed by atoms with E-state index in [9.17, 15) is 9.59 Å². The van der Waals surface area contributed by atoms with Crippen molar-refractivity contribution in [3.63, 3.8) is 0 Å². The van der Waals surface area contributed by atoms with E-state index in [4.69, 9.17) is 10.2 Å². The number of carbonyl (C=O) groups is 2. The highest BCUT2D eigenvalue weighted by Crippen LogP contribution is 1.87. The van der Waals surface area contributed by atoms with Gasteiger partial charge in [0, 0.05) is 0 Å². The Hall–Kier alpha value is -1.10. The van der Waals surface area contributed by atoms with Crippen LogP contribution in [0.15, 0.2) is 0 Å². The molecule has 0 fully saturated rings. The van der Waals surface area contributed by atoms with E-state index in [0.29, 0.717) is 0 Å². The molecule has 0 saturated carbocycles. The largest absolute Gasteiger partial charge is 0.481 e. The van der Waals surface area contributed by atoms with Gasteiger partial charge in [0.1, 0.15) is 6.10 Å². The van der Waals surface area contributed by atoms with Gasteiger partial charge in [0.05, 0.1) is 6.42 Å². The molecule has 0 saturated heterocycles. The Morgan fingerprint density at radius 2 is 2.00 bits per heavy atom. The number of carbonyl (C=O) groups excluding carboxylic acids is 1. The van der Waals surface area contributed by atoms with Gasteiger partial charge >= 0.3 is 5.97 Å². The first-order valence-electron chi connectivity index (χ1n) is 2.23. The monoisotopic (exact) mass is 133 g/mol. The second-order valence-electron chi connectivity index (χ2n) is 1.52. The first-order chi connectivity index (χ1) is 4.04. The summed E-state index contributed by atoms with van der Waals surface area (Å²) in [7, 11) is 0. The maximum Gasteiger partial charge on any atom is 0.306 e. The SMILES string of the molecule is NC(=O)[C@H](O)CC(=O)O. The van der Waals surface area contributed by atoms with E-state index in [2.05, 4.69) is 5.73 Å². The van der Waals surface area contributed by atoms with Crippen molar-refractivity contribution >= 4 is 11.9 Å². The lowest BCUT2D eigenvalue weighted by atomic mass is 10.2. The first kappa shape index (κ1) is 7.90. The van der Waals surface area contributed by atoms with Crippen molar-refractivity contribution in [2.75, 3.05) is 0 Å². The molecule has 0 bridgehead atoms. The maximum absolute atomic E-state index is 9.94. The Morgan fingerprint density at radius 1 is 1.56 bits per heavy atom. The van der Waals surface area contributed by atoms with Gasteiger partial charge in [-0.2, -0.15) is 0 Å². The van der Waals surface area contributed by atoms with Gasteiger partial charge in [-0.05, 0) is 0 Å². The van der Waals surface area contributed by atoms with Crippen molar-refractivity contribution in [1.82, 2.24) is 0 Å². The molecule has 52 valence electrons. The molecule has 5 heteroatoms. The lowest BCUT2D eigenvalue weighted by Gasteiger charge is -1.99. The van der Waals surface area contributed by atoms with E-state index in [-0.39, 0.29) is 0 Å². The summed E-state index contributed by atoms with van der Waals surface area (Å²) in [4.78, 5) is 19.7. The number of hydrogen-bond donors (Lipinski definition) is 3. The van der Waals surface area contributed by atoms with Crippen molar-refractivity contribution < 1.29 is 19.8 Å². The fourth-order valence-electron chi connectivity index (χ4n) is 0.266. The van der Waals surface area contributed by atoms with Crippen LogP contribution in [0.1, 0.15) is 6.42 Å². The minimum atomic E-state index is -1.57. The minimum Gasteiger partial charge on any atom is -0.481 e. The molecule has 0 aromatic rings. The van der Waals surface area contributed by atoms with E-state index < -0.39 is 24.4 Å². The minimum absolute atomic E-state index is 0.630. The third kappa shape index (κ3) is 3.48. The zero-order valence-electron chi connectivity index (χ0n) is 4.57. The highest BCUT2D eigenvalue weighted by atomic mass is 16.4. The Morgan fingerprint density at radius 3 is 2.11 bits per heavy atom. The molecule has 0 rings (SSSR count). The smallest absolute Gasteiger partial charge is 0.306 e. The lowest BCUT2D eigenvalue weighted by molar-refractivity contribution is -0.142. The third-order valence-corrected chi connectivity index (χ3v) is 0.696. The van der Waals surface area contributed by atoms with Gasteiger partial charge in [-0.3, -0.25) is 9.59 Å². The summed E-state index contributed by atoms with van der Waals surface area (Å²) in [6, 6.07) is 0. The van der Waals surface area contributed by atoms with Crippen molar-refractivity contribution in [2.24, 2.45) is 5.73 Å². The predicted molar refractivity (Wildman–Crippen MR) is 27.5 cm³/mol. The normalized spacial score (nSPS) is 12.6. The van der Waals surface area contributed by atoms with Crippen molar-refractivity contribution in [3.05, 3.63) is 0 Å². The Bertz CT molecular complexity index is 133. The molecule has 5 nitrogen and oxygen atoms in total. The van der Waals surface area contributed by atoms with Gasteiger partial charge in [0.2, 0.25) is 5.91 Å². The van der Waals surface area contributed by atoms with Crippen molar-refractivity contribution in [2.45, 2.75) is 12.5 Å². The van der Waals surface area contributed by atoms with Gasteiger partial charge in [-0.15, -0.1) is 0 Å². The number of carboxylic acid groups (broad SMARTS) is 1. The van der Waals surface area contributed by atoms with E-state index >= 15 is 0 Å². The van der Waals surface area contributed by atoms with E-state index in [1.54, 1.807) is 0 Å². The molecule has 0 aromatic heterocycles. The van der Waals surface area contributed by atoms with Crippen LogP contribution in [0.5, 0.6) is 0 Å². The lowest BCUT2D eigenvalue weighted by Crippen LogP contribution is -2.30. The highest BCUT2D eigenvalue weighted by molar-refractivity contribution is 5.83. The molecule has 1 atom stereocenters. The van der Waals surface area contributed by atoms with Crippen LogP contribution in [0.4, 0.5) is 0 Å². The molecule has 0 aliphatic heterocycles. The van der Waals surface area contributed by atoms with Gasteiger partial charge in [-0.25, -0.2) is 0 Å². The fraction of sp³-hybridized carbons (Fsp3) is 0.500. The number of amides is 1. The molecule has 9 heavy (non-hydrogen) atoms. The third-order valence-electron chi connectivity index (χ3n) is 0.696. The number of rotatable bonds is 3. The van der Waals surface area contributed by atoms with Crippen LogP contribution in [0.2, 0.25) is 0 Å². The topological polar surface area (TPSA) is 101 Å². The summed E-state index contributed by atoms with van der Waals surface area (Å²) in [6.07, 6.45) is -2.20. The number of carboxylic acids is 1. The summed E-state index contributed by atoms with van der Waals surface area (Å²) in [6.45, 7) is 0. The average molecular weight is 133 g/mol. The molecule has 0 radical (unpaired) electrons. The second kappa shape index (κ2) is 3.03. The molecule has 0 aliphatic rings. The summed E-state index contributed by atoms with van der Waals surface area (Å²) >= 11 is 0. The summed E-state index contributed by atoms with van der Waals surface area (Å²) in [5, 5.41) is 16.4. The number of hydrogen-bond acceptors (Lipinski definition) is 3. The molecule has 0 unspecified atom stereocenters. The van der Waals surface area contributed by atoms with Crippen LogP contribution < -0.4 is 5.73 Å². The van der Waals surface area contributed by atoms with Crippen LogP contribution in [-0.4, -0.2) is 28.2 Å². The van der Waals surface area contributed by atoms with Gasteiger partial charge < -0.3 is 15.9 Å². The van der Waals surface area contributed by atoms with Gasteiger partial charge in [0.25, 0.3) is 0 Å². The van der Waals surface area contributed by atoms with Crippen LogP contribution in [0.3, 0.4) is 0 Å². The number of aliphatic carboxylic acids is 1. The maximum atomic E-state index is 9.94. The van der Waals surface area contributed by atoms with Gasteiger partial charge in [-0.1, -0.05) is 0 Å². The summed E-state index contributed by atoms with van der Waals surface area (Å²) in [5.41, 5.74) is 4.53. The van der Waals surface area contributed by atoms with Crippen molar-refractivity contribution in [1.29, 1.82) is 0 Å². The van der Waals surface area contributed by atoms with E-state index in [1.807, 2.05) is 0 Å². The number of nitrogens with two attached hydrogens (primary N) is 1. The van der Waals surface area contributed by atoms with Crippen LogP contribution in [-0.2, 0) is 9.59 Å². The number of aliphatic hydroxyl groups is 1. The molecule has 0 aliphatic carbocycles. The molecule has 1 amide bonds. The highest BCUT2D eigenvalue weighted by Gasteiger charge is 2.13. The van der Waals surface area contributed by atoms with E-state index in [1.165, 1.54) is 0 Å². The Balaban J connectivity index is 3.63. The fourth-order valence-corrected chi connectivity index (χ4v) is 0.266. The molecular formula is C4H7NO4. The van der Waals surface area contributed by atoms with Crippen LogP contribution >= 0.6 is 0 Å². The second-order valence-corrected chi connectivity index (χ2v) is 1.52. The standard InChI is InChI=1S/C4H7NO4/c5-4(9)2(6)1-3(7)8/h2,6H,1H2,(H2,5,9)(H,7,8)/t2-/m1/s1. The average Bonchev–Trinajstić information content (AvgIpc) is 1.63. The Kier molecular flexibility index (Phi) is 2.66. The van der Waals surface area contributed by atoms with Gasteiger partial charge in [0.15, 0.2) is 0 Å². The predicted octanol–water partition coefficient (Wildman–Crippen LogP) is -1.69. The van der Waals surface area contributed by atoms with Crippen LogP contribution in [0, 0.1) is 0 Å². The molecule has 0 aromatic carbocycles. The molecule has 0 spiro atoms. The van der Waals surface area contributed by atoms with Crippen LogP contribution in [0.25, 0.3) is 0 Å². The zero-order valence-corrected chi connectivity index (χ0v) is 4.57.